The third-order valence-corrected chi connectivity index (χ3v) is 4.69. The number of nitrogens with two attached hydrogens (primary N) is 1. The van der Waals surface area contributed by atoms with Gasteiger partial charge >= 0.3 is 0 Å². The predicted molar refractivity (Wildman–Crippen MR) is 102 cm³/mol. The molecule has 0 bridgehead atoms. The lowest BCUT2D eigenvalue weighted by Crippen LogP contribution is -2.18. The van der Waals surface area contributed by atoms with E-state index in [1.165, 1.54) is 0 Å². The lowest BCUT2D eigenvalue weighted by Gasteiger charge is -2.17. The van der Waals surface area contributed by atoms with E-state index in [1.807, 2.05) is 31.2 Å². The van der Waals surface area contributed by atoms with Crippen molar-refractivity contribution < 1.29 is 9.47 Å². The van der Waals surface area contributed by atoms with E-state index in [1.54, 1.807) is 18.9 Å². The topological polar surface area (TPSA) is 57.4 Å². The number of methoxy groups -OCH3 is 1. The molecule has 0 spiro atoms. The SMILES string of the molecule is COCC(C)Oc1cc(C2=CCCC=CS2)nc2ccc(N)cc12. The summed E-state index contributed by atoms with van der Waals surface area (Å²) in [6, 6.07) is 7.73. The van der Waals surface area contributed by atoms with Crippen molar-refractivity contribution in [1.29, 1.82) is 0 Å². The minimum Gasteiger partial charge on any atom is -0.488 e. The summed E-state index contributed by atoms with van der Waals surface area (Å²) in [5.41, 5.74) is 8.47. The fraction of sp³-hybridized carbons (Fsp3) is 0.316. The molecule has 0 radical (unpaired) electrons. The highest BCUT2D eigenvalue weighted by Crippen LogP contribution is 2.36. The standard InChI is InChI=1S/C19H22N2O2S/c1-13(12-22-2)23-18-11-17(19-6-4-3-5-9-24-19)21-16-8-7-14(20)10-15(16)18/h5-11,13H,3-4,12,20H2,1-2H3. The Morgan fingerprint density at radius 3 is 3.00 bits per heavy atom. The second kappa shape index (κ2) is 7.73. The third kappa shape index (κ3) is 3.91. The number of benzene rings is 1. The maximum absolute atomic E-state index is 6.11. The first-order valence-electron chi connectivity index (χ1n) is 8.05. The Morgan fingerprint density at radius 1 is 1.29 bits per heavy atom. The summed E-state index contributed by atoms with van der Waals surface area (Å²) < 4.78 is 11.3. The van der Waals surface area contributed by atoms with Crippen LogP contribution in [-0.4, -0.2) is 24.8 Å². The molecule has 0 saturated carbocycles. The van der Waals surface area contributed by atoms with Gasteiger partial charge in [0.2, 0.25) is 0 Å². The molecule has 2 N–H and O–H groups in total. The van der Waals surface area contributed by atoms with E-state index in [0.717, 1.165) is 40.1 Å². The van der Waals surface area contributed by atoms with Crippen molar-refractivity contribution in [3.8, 4) is 5.75 Å². The second-order valence-electron chi connectivity index (χ2n) is 5.80. The van der Waals surface area contributed by atoms with Crippen molar-refractivity contribution >= 4 is 33.3 Å². The van der Waals surface area contributed by atoms with Crippen LogP contribution in [0.5, 0.6) is 5.75 Å². The normalized spacial score (nSPS) is 15.8. The maximum atomic E-state index is 6.11. The first-order valence-corrected chi connectivity index (χ1v) is 8.93. The van der Waals surface area contributed by atoms with Gasteiger partial charge in [-0.3, -0.25) is 0 Å². The van der Waals surface area contributed by atoms with Gasteiger partial charge in [0.05, 0.1) is 17.8 Å². The van der Waals surface area contributed by atoms with Crippen molar-refractivity contribution in [2.24, 2.45) is 0 Å². The maximum Gasteiger partial charge on any atom is 0.131 e. The number of thioether (sulfide) groups is 1. The zero-order chi connectivity index (χ0) is 16.9. The number of anilines is 1. The molecular formula is C19H22N2O2S. The van der Waals surface area contributed by atoms with Crippen LogP contribution in [0.1, 0.15) is 25.5 Å². The highest BCUT2D eigenvalue weighted by Gasteiger charge is 2.14. The van der Waals surface area contributed by atoms with Crippen LogP contribution in [-0.2, 0) is 4.74 Å². The first-order chi connectivity index (χ1) is 11.7. The molecule has 1 aliphatic heterocycles. The van der Waals surface area contributed by atoms with E-state index in [9.17, 15) is 0 Å². The molecule has 1 atom stereocenters. The second-order valence-corrected chi connectivity index (χ2v) is 6.75. The van der Waals surface area contributed by atoms with Gasteiger partial charge in [0, 0.05) is 29.2 Å². The minimum atomic E-state index is -0.0504. The van der Waals surface area contributed by atoms with E-state index in [0.29, 0.717) is 12.3 Å². The Balaban J connectivity index is 2.06. The molecule has 5 heteroatoms. The number of aromatic nitrogens is 1. The molecule has 0 fully saturated rings. The van der Waals surface area contributed by atoms with Crippen LogP contribution >= 0.6 is 11.8 Å². The highest BCUT2D eigenvalue weighted by molar-refractivity contribution is 8.10. The molecule has 126 valence electrons. The summed E-state index contributed by atoms with van der Waals surface area (Å²) >= 11 is 1.70. The summed E-state index contributed by atoms with van der Waals surface area (Å²) in [6.45, 7) is 2.52. The van der Waals surface area contributed by atoms with Gasteiger partial charge in [-0.05, 0) is 43.4 Å². The minimum absolute atomic E-state index is 0.0504. The van der Waals surface area contributed by atoms with Crippen molar-refractivity contribution in [2.75, 3.05) is 19.5 Å². The van der Waals surface area contributed by atoms with E-state index < -0.39 is 0 Å². The first kappa shape index (κ1) is 16.9. The van der Waals surface area contributed by atoms with Crippen molar-refractivity contribution in [1.82, 2.24) is 4.98 Å². The van der Waals surface area contributed by atoms with E-state index in [-0.39, 0.29) is 6.10 Å². The number of hydrogen-bond acceptors (Lipinski definition) is 5. The molecule has 4 nitrogen and oxygen atoms in total. The Bertz CT molecular complexity index is 786. The largest absolute Gasteiger partial charge is 0.488 e. The summed E-state index contributed by atoms with van der Waals surface area (Å²) in [7, 11) is 1.67. The summed E-state index contributed by atoms with van der Waals surface area (Å²) in [5, 5.41) is 3.05. The molecule has 3 rings (SSSR count). The number of nitrogen functional groups attached to an aromatic ring is 1. The number of rotatable bonds is 5. The monoisotopic (exact) mass is 342 g/mol. The number of pyridine rings is 1. The summed E-state index contributed by atoms with van der Waals surface area (Å²) in [6.07, 6.45) is 6.46. The van der Waals surface area contributed by atoms with Crippen LogP contribution in [0, 0.1) is 0 Å². The van der Waals surface area contributed by atoms with Crippen molar-refractivity contribution in [2.45, 2.75) is 25.9 Å². The average molecular weight is 342 g/mol. The zero-order valence-electron chi connectivity index (χ0n) is 14.0. The van der Waals surface area contributed by atoms with Crippen molar-refractivity contribution in [3.63, 3.8) is 0 Å². The van der Waals surface area contributed by atoms with Crippen LogP contribution in [0.2, 0.25) is 0 Å². The van der Waals surface area contributed by atoms with Crippen LogP contribution in [0.4, 0.5) is 5.69 Å². The fourth-order valence-electron chi connectivity index (χ4n) is 2.63. The van der Waals surface area contributed by atoms with E-state index in [4.69, 9.17) is 20.2 Å². The molecule has 1 aromatic carbocycles. The fourth-order valence-corrected chi connectivity index (χ4v) is 3.45. The molecule has 2 aromatic rings. The van der Waals surface area contributed by atoms with E-state index >= 15 is 0 Å². The molecular weight excluding hydrogens is 320 g/mol. The van der Waals surface area contributed by atoms with Gasteiger partial charge < -0.3 is 15.2 Å². The van der Waals surface area contributed by atoms with Gasteiger partial charge in [-0.2, -0.15) is 0 Å². The third-order valence-electron chi connectivity index (χ3n) is 3.73. The number of nitrogens with zero attached hydrogens (tertiary/aromatic N) is 1. The molecule has 1 aliphatic rings. The van der Waals surface area contributed by atoms with Gasteiger partial charge in [-0.15, -0.1) is 0 Å². The van der Waals surface area contributed by atoms with Crippen LogP contribution in [0.25, 0.3) is 15.8 Å². The Labute approximate surface area is 146 Å². The molecule has 0 saturated heterocycles. The molecule has 1 aromatic heterocycles. The Morgan fingerprint density at radius 2 is 2.17 bits per heavy atom. The number of fused-ring (bicyclic) bond motifs is 1. The summed E-state index contributed by atoms with van der Waals surface area (Å²) in [4.78, 5) is 5.96. The molecule has 1 unspecified atom stereocenters. The summed E-state index contributed by atoms with van der Waals surface area (Å²) in [5.74, 6) is 0.793. The molecule has 24 heavy (non-hydrogen) atoms. The Hall–Kier alpha value is -1.98. The number of hydrogen-bond donors (Lipinski definition) is 1. The van der Waals surface area contributed by atoms with Gasteiger partial charge in [-0.1, -0.05) is 23.9 Å². The number of allylic oxidation sites excluding steroid dienone is 2. The van der Waals surface area contributed by atoms with Crippen molar-refractivity contribution in [3.05, 3.63) is 47.5 Å². The van der Waals surface area contributed by atoms with E-state index in [2.05, 4.69) is 17.6 Å². The van der Waals surface area contributed by atoms with Crippen LogP contribution < -0.4 is 10.5 Å². The number of ether oxygens (including phenoxy) is 2. The van der Waals surface area contributed by atoms with Gasteiger partial charge in [0.25, 0.3) is 0 Å². The Kier molecular flexibility index (Phi) is 5.43. The lowest BCUT2D eigenvalue weighted by molar-refractivity contribution is 0.0930. The van der Waals surface area contributed by atoms with Gasteiger partial charge in [0.15, 0.2) is 0 Å². The van der Waals surface area contributed by atoms with Gasteiger partial charge in [0.1, 0.15) is 11.9 Å². The smallest absolute Gasteiger partial charge is 0.131 e. The lowest BCUT2D eigenvalue weighted by atomic mass is 10.1. The molecule has 0 amide bonds. The molecule has 2 heterocycles. The van der Waals surface area contributed by atoms with Crippen LogP contribution in [0.3, 0.4) is 0 Å². The van der Waals surface area contributed by atoms with Gasteiger partial charge in [-0.25, -0.2) is 4.98 Å². The van der Waals surface area contributed by atoms with Crippen LogP contribution in [0.15, 0.2) is 41.8 Å². The zero-order valence-corrected chi connectivity index (χ0v) is 14.8. The predicted octanol–water partition coefficient (Wildman–Crippen LogP) is 4.61. The highest BCUT2D eigenvalue weighted by atomic mass is 32.2. The average Bonchev–Trinajstić information content (AvgIpc) is 2.84. The quantitative estimate of drug-likeness (QED) is 0.804. The molecule has 0 aliphatic carbocycles.